The molecule has 0 radical (unpaired) electrons. The maximum absolute atomic E-state index is 12.9. The van der Waals surface area contributed by atoms with E-state index in [1.165, 1.54) is 0 Å². The molecule has 162 valence electrons. The molecule has 1 aliphatic heterocycles. The van der Waals surface area contributed by atoms with Crippen LogP contribution in [0, 0.1) is 0 Å². The molecule has 31 heavy (non-hydrogen) atoms. The molecule has 1 amide bonds. The molecule has 0 unspecified atom stereocenters. The van der Waals surface area contributed by atoms with E-state index < -0.39 is 0 Å². The van der Waals surface area contributed by atoms with Gasteiger partial charge >= 0.3 is 0 Å². The molecule has 2 aromatic carbocycles. The van der Waals surface area contributed by atoms with Gasteiger partial charge in [0, 0.05) is 43.3 Å². The number of nitrogens with zero attached hydrogens (tertiary/aromatic N) is 3. The molecule has 1 saturated heterocycles. The SMILES string of the molecule is COc1ccc(CN2CCN(C(=O)c3cc(-c4cccc(Cl)c4)n[nH]3)CC2)cc1OC. The molecule has 3 aromatic rings. The van der Waals surface area contributed by atoms with Crippen LogP contribution in [-0.4, -0.2) is 66.3 Å². The number of nitrogens with one attached hydrogen (secondary N) is 1. The van der Waals surface area contributed by atoms with Gasteiger partial charge in [-0.3, -0.25) is 14.8 Å². The third kappa shape index (κ3) is 4.84. The molecule has 7 nitrogen and oxygen atoms in total. The van der Waals surface area contributed by atoms with Crippen molar-refractivity contribution in [2.24, 2.45) is 0 Å². The number of H-pyrrole nitrogens is 1. The third-order valence-electron chi connectivity index (χ3n) is 5.44. The fourth-order valence-electron chi connectivity index (χ4n) is 3.74. The van der Waals surface area contributed by atoms with Crippen molar-refractivity contribution < 1.29 is 14.3 Å². The van der Waals surface area contributed by atoms with Crippen LogP contribution >= 0.6 is 11.6 Å². The zero-order chi connectivity index (χ0) is 21.8. The van der Waals surface area contributed by atoms with Crippen LogP contribution in [0.2, 0.25) is 5.02 Å². The Morgan fingerprint density at radius 2 is 1.81 bits per heavy atom. The summed E-state index contributed by atoms with van der Waals surface area (Å²) in [5, 5.41) is 7.79. The van der Waals surface area contributed by atoms with Crippen molar-refractivity contribution in [2.75, 3.05) is 40.4 Å². The highest BCUT2D eigenvalue weighted by Gasteiger charge is 2.24. The number of hydrogen-bond acceptors (Lipinski definition) is 5. The molecule has 0 aliphatic carbocycles. The Balaban J connectivity index is 1.35. The van der Waals surface area contributed by atoms with E-state index in [-0.39, 0.29) is 5.91 Å². The first kappa shape index (κ1) is 21.2. The molecule has 1 fully saturated rings. The lowest BCUT2D eigenvalue weighted by Gasteiger charge is -2.34. The Morgan fingerprint density at radius 1 is 1.03 bits per heavy atom. The Morgan fingerprint density at radius 3 is 2.52 bits per heavy atom. The lowest BCUT2D eigenvalue weighted by molar-refractivity contribution is 0.0622. The summed E-state index contributed by atoms with van der Waals surface area (Å²) in [5.74, 6) is 1.41. The summed E-state index contributed by atoms with van der Waals surface area (Å²) >= 11 is 6.06. The maximum atomic E-state index is 12.9. The minimum absolute atomic E-state index is 0.0356. The number of aromatic nitrogens is 2. The van der Waals surface area contributed by atoms with Gasteiger partial charge in [-0.05, 0) is 35.9 Å². The van der Waals surface area contributed by atoms with Crippen LogP contribution in [0.15, 0.2) is 48.5 Å². The highest BCUT2D eigenvalue weighted by molar-refractivity contribution is 6.30. The van der Waals surface area contributed by atoms with E-state index in [0.29, 0.717) is 29.5 Å². The summed E-state index contributed by atoms with van der Waals surface area (Å²) in [5.41, 5.74) is 3.22. The number of rotatable bonds is 6. The minimum Gasteiger partial charge on any atom is -0.493 e. The molecule has 1 N–H and O–H groups in total. The van der Waals surface area contributed by atoms with Gasteiger partial charge in [-0.25, -0.2) is 0 Å². The largest absolute Gasteiger partial charge is 0.493 e. The number of aromatic amines is 1. The van der Waals surface area contributed by atoms with Gasteiger partial charge in [0.1, 0.15) is 5.69 Å². The number of ether oxygens (including phenoxy) is 2. The second kappa shape index (κ2) is 9.41. The zero-order valence-electron chi connectivity index (χ0n) is 17.6. The normalized spacial score (nSPS) is 14.5. The molecule has 0 bridgehead atoms. The van der Waals surface area contributed by atoms with Gasteiger partial charge in [0.15, 0.2) is 11.5 Å². The van der Waals surface area contributed by atoms with Gasteiger partial charge in [-0.2, -0.15) is 5.10 Å². The van der Waals surface area contributed by atoms with Crippen molar-refractivity contribution in [3.05, 3.63) is 64.8 Å². The molecule has 2 heterocycles. The standard InChI is InChI=1S/C23H25ClN4O3/c1-30-21-7-6-16(12-22(21)31-2)15-27-8-10-28(11-9-27)23(29)20-14-19(25-26-20)17-4-3-5-18(24)13-17/h3-7,12-14H,8-11,15H2,1-2H3,(H,25,26). The monoisotopic (exact) mass is 440 g/mol. The molecule has 8 heteroatoms. The average molecular weight is 441 g/mol. The first-order valence-corrected chi connectivity index (χ1v) is 10.5. The van der Waals surface area contributed by atoms with Crippen LogP contribution < -0.4 is 9.47 Å². The first-order chi connectivity index (χ1) is 15.1. The summed E-state index contributed by atoms with van der Waals surface area (Å²) in [6.07, 6.45) is 0. The second-order valence-electron chi connectivity index (χ2n) is 7.43. The molecule has 4 rings (SSSR count). The topological polar surface area (TPSA) is 70.7 Å². The van der Waals surface area contributed by atoms with E-state index >= 15 is 0 Å². The van der Waals surface area contributed by atoms with Crippen molar-refractivity contribution in [2.45, 2.75) is 6.54 Å². The molecular weight excluding hydrogens is 416 g/mol. The van der Waals surface area contributed by atoms with Gasteiger partial charge in [-0.15, -0.1) is 0 Å². The van der Waals surface area contributed by atoms with Gasteiger partial charge in [0.2, 0.25) is 0 Å². The van der Waals surface area contributed by atoms with Crippen LogP contribution in [0.3, 0.4) is 0 Å². The number of hydrogen-bond donors (Lipinski definition) is 1. The smallest absolute Gasteiger partial charge is 0.271 e. The van der Waals surface area contributed by atoms with Crippen LogP contribution in [-0.2, 0) is 6.54 Å². The Kier molecular flexibility index (Phi) is 6.44. The van der Waals surface area contributed by atoms with Gasteiger partial charge < -0.3 is 14.4 Å². The van der Waals surface area contributed by atoms with Crippen molar-refractivity contribution in [3.63, 3.8) is 0 Å². The van der Waals surface area contributed by atoms with Crippen LogP contribution in [0.1, 0.15) is 16.1 Å². The molecular formula is C23H25ClN4O3. The fourth-order valence-corrected chi connectivity index (χ4v) is 3.93. The summed E-state index contributed by atoms with van der Waals surface area (Å²) < 4.78 is 10.7. The lowest BCUT2D eigenvalue weighted by Crippen LogP contribution is -2.48. The van der Waals surface area contributed by atoms with E-state index in [4.69, 9.17) is 21.1 Å². The van der Waals surface area contributed by atoms with Crippen molar-refractivity contribution in [1.29, 1.82) is 0 Å². The maximum Gasteiger partial charge on any atom is 0.271 e. The Labute approximate surface area is 186 Å². The van der Waals surface area contributed by atoms with E-state index in [0.717, 1.165) is 42.3 Å². The predicted molar refractivity (Wildman–Crippen MR) is 120 cm³/mol. The van der Waals surface area contributed by atoms with E-state index in [1.54, 1.807) is 20.3 Å². The number of benzene rings is 2. The molecule has 1 aliphatic rings. The average Bonchev–Trinajstić information content (AvgIpc) is 3.29. The summed E-state index contributed by atoms with van der Waals surface area (Å²) in [6, 6.07) is 15.2. The number of methoxy groups -OCH3 is 2. The minimum atomic E-state index is -0.0356. The van der Waals surface area contributed by atoms with Gasteiger partial charge in [0.25, 0.3) is 5.91 Å². The summed E-state index contributed by atoms with van der Waals surface area (Å²) in [4.78, 5) is 17.1. The third-order valence-corrected chi connectivity index (χ3v) is 5.68. The fraction of sp³-hybridized carbons (Fsp3) is 0.304. The lowest BCUT2D eigenvalue weighted by atomic mass is 10.1. The van der Waals surface area contributed by atoms with E-state index in [9.17, 15) is 4.79 Å². The quantitative estimate of drug-likeness (QED) is 0.632. The zero-order valence-corrected chi connectivity index (χ0v) is 18.4. The van der Waals surface area contributed by atoms with Crippen molar-refractivity contribution in [3.8, 4) is 22.8 Å². The molecule has 1 aromatic heterocycles. The molecule has 0 saturated carbocycles. The predicted octanol–water partition coefficient (Wildman–Crippen LogP) is 3.71. The number of piperazine rings is 1. The molecule has 0 spiro atoms. The van der Waals surface area contributed by atoms with Crippen molar-refractivity contribution in [1.82, 2.24) is 20.0 Å². The van der Waals surface area contributed by atoms with Crippen LogP contribution in [0.5, 0.6) is 11.5 Å². The number of halogens is 1. The van der Waals surface area contributed by atoms with Gasteiger partial charge in [-0.1, -0.05) is 29.8 Å². The highest BCUT2D eigenvalue weighted by Crippen LogP contribution is 2.28. The first-order valence-electron chi connectivity index (χ1n) is 10.1. The van der Waals surface area contributed by atoms with Crippen LogP contribution in [0.25, 0.3) is 11.3 Å². The molecule has 0 atom stereocenters. The number of amides is 1. The van der Waals surface area contributed by atoms with Gasteiger partial charge in [0.05, 0.1) is 19.9 Å². The van der Waals surface area contributed by atoms with E-state index in [1.807, 2.05) is 47.4 Å². The summed E-state index contributed by atoms with van der Waals surface area (Å²) in [6.45, 7) is 3.73. The van der Waals surface area contributed by atoms with Crippen molar-refractivity contribution >= 4 is 17.5 Å². The number of carbonyl (C=O) groups excluding carboxylic acids is 1. The number of carbonyl (C=O) groups is 1. The second-order valence-corrected chi connectivity index (χ2v) is 7.87. The summed E-state index contributed by atoms with van der Waals surface area (Å²) in [7, 11) is 3.27. The highest BCUT2D eigenvalue weighted by atomic mass is 35.5. The Hall–Kier alpha value is -3.03. The van der Waals surface area contributed by atoms with Crippen LogP contribution in [0.4, 0.5) is 0 Å². The Bertz CT molecular complexity index is 1060. The van der Waals surface area contributed by atoms with E-state index in [2.05, 4.69) is 15.1 Å².